The molecule has 0 atom stereocenters. The summed E-state index contributed by atoms with van der Waals surface area (Å²) in [6, 6.07) is 0. The summed E-state index contributed by atoms with van der Waals surface area (Å²) in [5, 5.41) is 8.63. The van der Waals surface area contributed by atoms with E-state index in [4.69, 9.17) is 5.11 Å². The lowest BCUT2D eigenvalue weighted by molar-refractivity contribution is 0.287. The minimum atomic E-state index is 0.350. The van der Waals surface area contributed by atoms with Crippen molar-refractivity contribution in [3.05, 3.63) is 0 Å². The van der Waals surface area contributed by atoms with Gasteiger partial charge in [0.1, 0.15) is 0 Å². The van der Waals surface area contributed by atoms with Gasteiger partial charge in [0, 0.05) is 18.1 Å². The number of rotatable bonds is 14. The highest BCUT2D eigenvalue weighted by Crippen LogP contribution is 2.24. The second-order valence-electron chi connectivity index (χ2n) is 4.55. The van der Waals surface area contributed by atoms with E-state index in [0.29, 0.717) is 6.61 Å². The maximum Gasteiger partial charge on any atom is 0.0431 e. The lowest BCUT2D eigenvalue weighted by Gasteiger charge is -2.02. The molecule has 1 nitrogen and oxygen atoms in total. The van der Waals surface area contributed by atoms with Crippen molar-refractivity contribution in [2.24, 2.45) is 0 Å². The van der Waals surface area contributed by atoms with Crippen LogP contribution in [-0.2, 0) is 0 Å². The van der Waals surface area contributed by atoms with E-state index in [1.54, 1.807) is 0 Å². The first-order valence-corrected chi connectivity index (χ1v) is 9.76. The summed E-state index contributed by atoms with van der Waals surface area (Å²) < 4.78 is 0. The first-order valence-electron chi connectivity index (χ1n) is 7.27. The molecule has 0 aromatic rings. The molecule has 0 heterocycles. The van der Waals surface area contributed by atoms with Gasteiger partial charge < -0.3 is 5.11 Å². The minimum absolute atomic E-state index is 0.350. The zero-order valence-corrected chi connectivity index (χ0v) is 13.1. The Hall–Kier alpha value is 0.660. The van der Waals surface area contributed by atoms with Crippen molar-refractivity contribution in [3.63, 3.8) is 0 Å². The van der Waals surface area contributed by atoms with Crippen LogP contribution in [0.4, 0.5) is 0 Å². The van der Waals surface area contributed by atoms with Gasteiger partial charge in [-0.2, -0.15) is 0 Å². The van der Waals surface area contributed by atoms with Gasteiger partial charge in [-0.3, -0.25) is 0 Å². The van der Waals surface area contributed by atoms with Gasteiger partial charge in [0.15, 0.2) is 0 Å². The molecule has 0 rings (SSSR count). The summed E-state index contributed by atoms with van der Waals surface area (Å²) in [6.07, 6.45) is 13.4. The van der Waals surface area contributed by atoms with E-state index in [2.05, 4.69) is 6.92 Å². The smallest absolute Gasteiger partial charge is 0.0431 e. The van der Waals surface area contributed by atoms with Gasteiger partial charge >= 0.3 is 0 Å². The summed E-state index contributed by atoms with van der Waals surface area (Å²) >= 11 is 0. The standard InChI is InChI=1S/C14H30OS2/c1-2-3-4-5-6-7-8-10-13-16-17-14-11-9-12-15/h15H,2-14H2,1H3. The molecular formula is C14H30OS2. The molecule has 0 fully saturated rings. The van der Waals surface area contributed by atoms with E-state index in [0.717, 1.165) is 12.8 Å². The first-order chi connectivity index (χ1) is 8.41. The number of aliphatic hydroxyl groups is 1. The van der Waals surface area contributed by atoms with Crippen molar-refractivity contribution in [2.75, 3.05) is 18.1 Å². The molecule has 0 amide bonds. The van der Waals surface area contributed by atoms with Crippen molar-refractivity contribution in [1.82, 2.24) is 0 Å². The molecule has 0 spiro atoms. The summed E-state index contributed by atoms with van der Waals surface area (Å²) in [7, 11) is 3.98. The second kappa shape index (κ2) is 16.7. The van der Waals surface area contributed by atoms with Gasteiger partial charge in [-0.05, 0) is 19.3 Å². The molecule has 17 heavy (non-hydrogen) atoms. The van der Waals surface area contributed by atoms with E-state index < -0.39 is 0 Å². The third-order valence-corrected chi connectivity index (χ3v) is 5.38. The third kappa shape index (κ3) is 16.7. The molecule has 0 saturated carbocycles. The van der Waals surface area contributed by atoms with Gasteiger partial charge in [-0.25, -0.2) is 0 Å². The van der Waals surface area contributed by atoms with Gasteiger partial charge in [-0.15, -0.1) is 0 Å². The van der Waals surface area contributed by atoms with Crippen molar-refractivity contribution < 1.29 is 5.11 Å². The van der Waals surface area contributed by atoms with Gasteiger partial charge in [0.25, 0.3) is 0 Å². The Kier molecular flexibility index (Phi) is 17.3. The number of aliphatic hydroxyl groups excluding tert-OH is 1. The van der Waals surface area contributed by atoms with E-state index >= 15 is 0 Å². The Morgan fingerprint density at radius 1 is 0.647 bits per heavy atom. The highest BCUT2D eigenvalue weighted by molar-refractivity contribution is 8.76. The van der Waals surface area contributed by atoms with Gasteiger partial charge in [0.2, 0.25) is 0 Å². The highest BCUT2D eigenvalue weighted by Gasteiger charge is 1.93. The lowest BCUT2D eigenvalue weighted by Crippen LogP contribution is -1.85. The predicted molar refractivity (Wildman–Crippen MR) is 83.8 cm³/mol. The van der Waals surface area contributed by atoms with Crippen molar-refractivity contribution in [1.29, 1.82) is 0 Å². The molecule has 0 saturated heterocycles. The fourth-order valence-electron chi connectivity index (χ4n) is 1.69. The summed E-state index contributed by atoms with van der Waals surface area (Å²) in [5.74, 6) is 2.50. The van der Waals surface area contributed by atoms with E-state index in [9.17, 15) is 0 Å². The zero-order chi connectivity index (χ0) is 12.6. The highest BCUT2D eigenvalue weighted by atomic mass is 33.1. The summed E-state index contributed by atoms with van der Waals surface area (Å²) in [4.78, 5) is 0. The van der Waals surface area contributed by atoms with Crippen LogP contribution in [0.5, 0.6) is 0 Å². The quantitative estimate of drug-likeness (QED) is 0.345. The topological polar surface area (TPSA) is 20.2 Å². The van der Waals surface area contributed by atoms with Crippen molar-refractivity contribution in [3.8, 4) is 0 Å². The largest absolute Gasteiger partial charge is 0.396 e. The monoisotopic (exact) mass is 278 g/mol. The average molecular weight is 279 g/mol. The van der Waals surface area contributed by atoms with Crippen molar-refractivity contribution in [2.45, 2.75) is 71.1 Å². The minimum Gasteiger partial charge on any atom is -0.396 e. The molecule has 3 heteroatoms. The van der Waals surface area contributed by atoms with E-state index in [1.165, 1.54) is 62.9 Å². The molecule has 0 aromatic heterocycles. The second-order valence-corrected chi connectivity index (χ2v) is 7.25. The summed E-state index contributed by atoms with van der Waals surface area (Å²) in [6.45, 7) is 2.62. The van der Waals surface area contributed by atoms with E-state index in [-0.39, 0.29) is 0 Å². The van der Waals surface area contributed by atoms with Gasteiger partial charge in [-0.1, -0.05) is 73.5 Å². The Bertz CT molecular complexity index is 117. The normalized spacial score (nSPS) is 10.9. The molecular weight excluding hydrogens is 248 g/mol. The molecule has 0 aromatic carbocycles. The van der Waals surface area contributed by atoms with Crippen LogP contribution in [0.15, 0.2) is 0 Å². The number of unbranched alkanes of at least 4 members (excludes halogenated alkanes) is 8. The van der Waals surface area contributed by atoms with Crippen LogP contribution in [0, 0.1) is 0 Å². The van der Waals surface area contributed by atoms with Crippen LogP contribution in [0.1, 0.15) is 71.1 Å². The Balaban J connectivity index is 2.85. The molecule has 0 aliphatic heterocycles. The van der Waals surface area contributed by atoms with Crippen LogP contribution in [-0.4, -0.2) is 23.2 Å². The molecule has 0 aliphatic rings. The van der Waals surface area contributed by atoms with Crippen LogP contribution in [0.25, 0.3) is 0 Å². The van der Waals surface area contributed by atoms with Gasteiger partial charge in [0.05, 0.1) is 0 Å². The fourth-order valence-corrected chi connectivity index (χ4v) is 3.98. The predicted octanol–water partition coefficient (Wildman–Crippen LogP) is 5.28. The lowest BCUT2D eigenvalue weighted by atomic mass is 10.1. The number of hydrogen-bond acceptors (Lipinski definition) is 3. The van der Waals surface area contributed by atoms with Crippen LogP contribution in [0.2, 0.25) is 0 Å². The van der Waals surface area contributed by atoms with Crippen molar-refractivity contribution >= 4 is 21.6 Å². The van der Waals surface area contributed by atoms with Crippen LogP contribution < -0.4 is 0 Å². The number of hydrogen-bond donors (Lipinski definition) is 1. The SMILES string of the molecule is CCCCCCCCCCSSCCCCO. The Labute approximate surface area is 116 Å². The molecule has 0 bridgehead atoms. The Morgan fingerprint density at radius 3 is 1.65 bits per heavy atom. The van der Waals surface area contributed by atoms with E-state index in [1.807, 2.05) is 21.6 Å². The molecule has 0 radical (unpaired) electrons. The molecule has 104 valence electrons. The fraction of sp³-hybridized carbons (Fsp3) is 1.00. The molecule has 0 aliphatic carbocycles. The maximum absolute atomic E-state index is 8.63. The van der Waals surface area contributed by atoms with Crippen LogP contribution >= 0.6 is 21.6 Å². The molecule has 1 N–H and O–H groups in total. The average Bonchev–Trinajstić information content (AvgIpc) is 2.35. The zero-order valence-electron chi connectivity index (χ0n) is 11.5. The third-order valence-electron chi connectivity index (χ3n) is 2.80. The Morgan fingerprint density at radius 2 is 1.12 bits per heavy atom. The van der Waals surface area contributed by atoms with Crippen LogP contribution in [0.3, 0.4) is 0 Å². The summed E-state index contributed by atoms with van der Waals surface area (Å²) in [5.41, 5.74) is 0. The molecule has 0 unspecified atom stereocenters. The first kappa shape index (κ1) is 17.7. The maximum atomic E-state index is 8.63.